The van der Waals surface area contributed by atoms with Crippen LogP contribution in [0.3, 0.4) is 0 Å². The Morgan fingerprint density at radius 1 is 1.00 bits per heavy atom. The van der Waals surface area contributed by atoms with E-state index in [1.165, 1.54) is 0 Å². The van der Waals surface area contributed by atoms with Gasteiger partial charge in [0, 0.05) is 61.0 Å². The minimum absolute atomic E-state index is 0. The van der Waals surface area contributed by atoms with Crippen molar-refractivity contribution in [2.45, 2.75) is 65.6 Å². The van der Waals surface area contributed by atoms with Crippen molar-refractivity contribution in [2.75, 3.05) is 0 Å². The van der Waals surface area contributed by atoms with E-state index < -0.39 is 11.7 Å². The second-order valence-corrected chi connectivity index (χ2v) is 6.91. The van der Waals surface area contributed by atoms with Crippen LogP contribution in [0.25, 0.3) is 0 Å². The molecular formula is C18H28HfN2O2. The van der Waals surface area contributed by atoms with Crippen molar-refractivity contribution < 1.29 is 36.1 Å². The van der Waals surface area contributed by atoms with Gasteiger partial charge < -0.3 is 20.2 Å². The van der Waals surface area contributed by atoms with Crippen LogP contribution in [0.15, 0.2) is 12.1 Å². The smallest absolute Gasteiger partial charge is 0.0754 e. The summed E-state index contributed by atoms with van der Waals surface area (Å²) in [4.78, 5) is 6.65. The number of hydrogen-bond donors (Lipinski definition) is 4. The van der Waals surface area contributed by atoms with E-state index in [1.807, 2.05) is 34.6 Å². The van der Waals surface area contributed by atoms with Crippen LogP contribution in [-0.4, -0.2) is 31.9 Å². The van der Waals surface area contributed by atoms with Crippen LogP contribution < -0.4 is 0 Å². The number of nitrogens with one attached hydrogen (secondary N) is 2. The molecule has 2 aromatic heterocycles. The first-order valence-corrected chi connectivity index (χ1v) is 7.84. The Morgan fingerprint density at radius 3 is 1.65 bits per heavy atom. The summed E-state index contributed by atoms with van der Waals surface area (Å²) in [5.41, 5.74) is 5.42. The Bertz CT molecular complexity index is 610. The van der Waals surface area contributed by atoms with Gasteiger partial charge in [-0.15, -0.1) is 0 Å². The van der Waals surface area contributed by atoms with Gasteiger partial charge in [0.25, 0.3) is 0 Å². The number of aromatic nitrogens is 2. The molecule has 2 heterocycles. The zero-order valence-electron chi connectivity index (χ0n) is 14.9. The van der Waals surface area contributed by atoms with E-state index in [2.05, 4.69) is 22.1 Å². The van der Waals surface area contributed by atoms with E-state index in [-0.39, 0.29) is 31.8 Å². The zero-order chi connectivity index (χ0) is 16.7. The number of hydrogen-bond acceptors (Lipinski definition) is 2. The molecule has 0 aliphatic carbocycles. The summed E-state index contributed by atoms with van der Waals surface area (Å²) in [7, 11) is 0. The van der Waals surface area contributed by atoms with E-state index in [9.17, 15) is 10.2 Å². The molecule has 2 unspecified atom stereocenters. The SMILES string of the molecule is Cc1cc(C(c2cc(C)[nH]c2C)C(C)(O)CC(C)O)c(C)[nH]1.[Hf]. The second-order valence-electron chi connectivity index (χ2n) is 6.91. The van der Waals surface area contributed by atoms with Crippen LogP contribution in [0.4, 0.5) is 0 Å². The van der Waals surface area contributed by atoms with Crippen molar-refractivity contribution in [3.8, 4) is 0 Å². The van der Waals surface area contributed by atoms with Crippen LogP contribution in [0.5, 0.6) is 0 Å². The molecule has 0 bridgehead atoms. The quantitative estimate of drug-likeness (QED) is 0.494. The monoisotopic (exact) mass is 484 g/mol. The van der Waals surface area contributed by atoms with Gasteiger partial charge >= 0.3 is 0 Å². The van der Waals surface area contributed by atoms with Crippen molar-refractivity contribution in [3.05, 3.63) is 46.0 Å². The fraction of sp³-hybridized carbons (Fsp3) is 0.556. The van der Waals surface area contributed by atoms with Crippen LogP contribution in [-0.2, 0) is 25.8 Å². The summed E-state index contributed by atoms with van der Waals surface area (Å²) < 4.78 is 0. The van der Waals surface area contributed by atoms with Crippen LogP contribution >= 0.6 is 0 Å². The van der Waals surface area contributed by atoms with Gasteiger partial charge in [-0.2, -0.15) is 0 Å². The van der Waals surface area contributed by atoms with E-state index >= 15 is 0 Å². The fourth-order valence-electron chi connectivity index (χ4n) is 3.64. The average molecular weight is 483 g/mol. The first-order valence-electron chi connectivity index (χ1n) is 7.84. The van der Waals surface area contributed by atoms with Gasteiger partial charge in [0.15, 0.2) is 0 Å². The Hall–Kier alpha value is -0.650. The standard InChI is InChI=1S/C18H28N2O2.Hf/c1-10-7-15(13(4)19-10)17(18(6,22)9-12(3)21)16-8-11(2)20-14(16)5;/h7-8,12,17,19-22H,9H2,1-6H3;. The first-order chi connectivity index (χ1) is 10.1. The van der Waals surface area contributed by atoms with Crippen LogP contribution in [0.2, 0.25) is 0 Å². The summed E-state index contributed by atoms with van der Waals surface area (Å²) in [6, 6.07) is 4.19. The maximum atomic E-state index is 11.1. The molecule has 0 radical (unpaired) electrons. The minimum atomic E-state index is -1.03. The largest absolute Gasteiger partial charge is 0.393 e. The normalized spacial score (nSPS) is 15.3. The fourth-order valence-corrected chi connectivity index (χ4v) is 3.64. The van der Waals surface area contributed by atoms with E-state index in [0.29, 0.717) is 6.42 Å². The van der Waals surface area contributed by atoms with E-state index in [4.69, 9.17) is 0 Å². The van der Waals surface area contributed by atoms with Gasteiger partial charge in [-0.1, -0.05) is 0 Å². The molecule has 0 saturated carbocycles. The second kappa shape index (κ2) is 7.49. The molecule has 0 aromatic carbocycles. The third-order valence-corrected chi connectivity index (χ3v) is 4.33. The van der Waals surface area contributed by atoms with Gasteiger partial charge in [0.2, 0.25) is 0 Å². The van der Waals surface area contributed by atoms with Gasteiger partial charge in [0.1, 0.15) is 0 Å². The molecule has 2 aromatic rings. The molecular weight excluding hydrogens is 455 g/mol. The zero-order valence-corrected chi connectivity index (χ0v) is 18.5. The molecule has 0 fully saturated rings. The van der Waals surface area contributed by atoms with E-state index in [1.54, 1.807) is 6.92 Å². The van der Waals surface area contributed by atoms with Crippen molar-refractivity contribution in [1.29, 1.82) is 0 Å². The summed E-state index contributed by atoms with van der Waals surface area (Å²) in [6.07, 6.45) is -0.233. The molecule has 0 aliphatic rings. The van der Waals surface area contributed by atoms with E-state index in [0.717, 1.165) is 33.9 Å². The number of aryl methyl sites for hydroxylation is 4. The minimum Gasteiger partial charge on any atom is -0.393 e. The van der Waals surface area contributed by atoms with Crippen molar-refractivity contribution in [3.63, 3.8) is 0 Å². The number of aliphatic hydroxyl groups excluding tert-OH is 1. The third kappa shape index (κ3) is 4.46. The first kappa shape index (κ1) is 20.4. The Kier molecular flexibility index (Phi) is 6.64. The molecule has 0 aliphatic heterocycles. The number of rotatable bonds is 5. The molecule has 4 nitrogen and oxygen atoms in total. The molecule has 23 heavy (non-hydrogen) atoms. The Morgan fingerprint density at radius 2 is 1.39 bits per heavy atom. The number of H-pyrrole nitrogens is 2. The molecule has 5 heteroatoms. The van der Waals surface area contributed by atoms with Crippen molar-refractivity contribution >= 4 is 0 Å². The molecule has 0 spiro atoms. The molecule has 4 N–H and O–H groups in total. The Balaban J connectivity index is 0.00000264. The number of aromatic amines is 2. The maximum Gasteiger partial charge on any atom is 0.0754 e. The predicted molar refractivity (Wildman–Crippen MR) is 89.3 cm³/mol. The molecule has 126 valence electrons. The van der Waals surface area contributed by atoms with Crippen LogP contribution in [0.1, 0.15) is 60.1 Å². The summed E-state index contributed by atoms with van der Waals surface area (Å²) in [5.74, 6) is -0.183. The van der Waals surface area contributed by atoms with Crippen LogP contribution in [0, 0.1) is 27.7 Å². The maximum absolute atomic E-state index is 11.1. The summed E-state index contributed by atoms with van der Waals surface area (Å²) in [6.45, 7) is 11.6. The topological polar surface area (TPSA) is 72.0 Å². The molecule has 2 atom stereocenters. The van der Waals surface area contributed by atoms with Gasteiger partial charge in [-0.3, -0.25) is 0 Å². The molecule has 2 rings (SSSR count). The molecule has 0 amide bonds. The van der Waals surface area contributed by atoms with Crippen molar-refractivity contribution in [1.82, 2.24) is 9.97 Å². The van der Waals surface area contributed by atoms with Gasteiger partial charge in [-0.05, 0) is 64.8 Å². The third-order valence-electron chi connectivity index (χ3n) is 4.33. The Labute approximate surface area is 157 Å². The van der Waals surface area contributed by atoms with Gasteiger partial charge in [0.05, 0.1) is 11.7 Å². The van der Waals surface area contributed by atoms with Crippen molar-refractivity contribution in [2.24, 2.45) is 0 Å². The average Bonchev–Trinajstić information content (AvgIpc) is 2.81. The predicted octanol–water partition coefficient (Wildman–Crippen LogP) is 3.23. The van der Waals surface area contributed by atoms with Gasteiger partial charge in [-0.25, -0.2) is 0 Å². The summed E-state index contributed by atoms with van der Waals surface area (Å²) in [5, 5.41) is 20.9. The molecule has 0 saturated heterocycles. The number of aliphatic hydroxyl groups is 2. The summed E-state index contributed by atoms with van der Waals surface area (Å²) >= 11 is 0.